The van der Waals surface area contributed by atoms with Gasteiger partial charge in [-0.3, -0.25) is 4.79 Å². The monoisotopic (exact) mass is 346 g/mol. The summed E-state index contributed by atoms with van der Waals surface area (Å²) in [7, 11) is 0. The molecular weight excluding hydrogens is 316 g/mol. The maximum atomic E-state index is 11.8. The van der Waals surface area contributed by atoms with Crippen LogP contribution in [0, 0.1) is 34.5 Å². The molecule has 2 fully saturated rings. The van der Waals surface area contributed by atoms with Crippen molar-refractivity contribution in [1.82, 2.24) is 0 Å². The molecule has 4 nitrogen and oxygen atoms in total. The molecule has 0 bridgehead atoms. The molecule has 0 aromatic rings. The molecule has 4 rings (SSSR count). The minimum atomic E-state index is -0.424. The summed E-state index contributed by atoms with van der Waals surface area (Å²) in [4.78, 5) is 11.8. The molecule has 0 amide bonds. The third-order valence-electron chi connectivity index (χ3n) is 7.95. The molecule has 0 aromatic heterocycles. The molecule has 0 saturated heterocycles. The Labute approximate surface area is 149 Å². The molecule has 0 heterocycles. The van der Waals surface area contributed by atoms with E-state index in [1.165, 1.54) is 6.92 Å². The van der Waals surface area contributed by atoms with Gasteiger partial charge >= 0.3 is 5.97 Å². The van der Waals surface area contributed by atoms with Crippen molar-refractivity contribution in [3.05, 3.63) is 24.0 Å². The van der Waals surface area contributed by atoms with Crippen molar-refractivity contribution < 1.29 is 19.7 Å². The van der Waals surface area contributed by atoms with Gasteiger partial charge in [-0.25, -0.2) is 0 Å². The van der Waals surface area contributed by atoms with Crippen molar-refractivity contribution >= 4 is 5.97 Å². The van der Waals surface area contributed by atoms with Crippen LogP contribution in [0.5, 0.6) is 0 Å². The number of carbonyl (C=O) groups excluding carboxylic acids is 1. The Bertz CT molecular complexity index is 638. The standard InChI is InChI=1S/C21H30O4/c1-12(22)25-17-11-13-10-14(23)6-8-20(13,2)16-7-9-21(3)15(19(16)17)4-5-18(21)24/h6,8,11,13-16,18-19,23-24H,4-5,7,9-10H2,1-3H3/t13?,14?,15-,16+,18?,19-,20-,21-/m0/s1. The van der Waals surface area contributed by atoms with Crippen LogP contribution in [0.3, 0.4) is 0 Å². The maximum Gasteiger partial charge on any atom is 0.307 e. The van der Waals surface area contributed by atoms with Gasteiger partial charge in [-0.05, 0) is 66.8 Å². The lowest BCUT2D eigenvalue weighted by Crippen LogP contribution is -2.53. The van der Waals surface area contributed by atoms with Crippen molar-refractivity contribution in [2.45, 2.75) is 65.1 Å². The van der Waals surface area contributed by atoms with Gasteiger partial charge in [0.15, 0.2) is 0 Å². The minimum absolute atomic E-state index is 0.0115. The van der Waals surface area contributed by atoms with E-state index in [0.717, 1.165) is 31.4 Å². The smallest absolute Gasteiger partial charge is 0.307 e. The summed E-state index contributed by atoms with van der Waals surface area (Å²) in [6, 6.07) is 0. The first kappa shape index (κ1) is 17.3. The number of hydrogen-bond donors (Lipinski definition) is 2. The van der Waals surface area contributed by atoms with E-state index in [1.807, 2.05) is 6.08 Å². The largest absolute Gasteiger partial charge is 0.431 e. The lowest BCUT2D eigenvalue weighted by atomic mass is 9.48. The molecule has 4 heteroatoms. The van der Waals surface area contributed by atoms with Crippen LogP contribution in [-0.4, -0.2) is 28.4 Å². The Morgan fingerprint density at radius 1 is 1.20 bits per heavy atom. The highest BCUT2D eigenvalue weighted by atomic mass is 16.5. The van der Waals surface area contributed by atoms with Gasteiger partial charge in [-0.2, -0.15) is 0 Å². The van der Waals surface area contributed by atoms with Gasteiger partial charge in [0.05, 0.1) is 12.2 Å². The van der Waals surface area contributed by atoms with E-state index in [2.05, 4.69) is 26.0 Å². The molecular formula is C21H30O4. The summed E-state index contributed by atoms with van der Waals surface area (Å²) in [5.74, 6) is 1.65. The first-order valence-electron chi connectivity index (χ1n) is 9.71. The van der Waals surface area contributed by atoms with Gasteiger partial charge in [-0.1, -0.05) is 26.0 Å². The van der Waals surface area contributed by atoms with Crippen LogP contribution in [0.4, 0.5) is 0 Å². The first-order valence-corrected chi connectivity index (χ1v) is 9.71. The molecule has 4 aliphatic carbocycles. The summed E-state index contributed by atoms with van der Waals surface area (Å²) in [6.45, 7) is 5.98. The van der Waals surface area contributed by atoms with Crippen molar-refractivity contribution in [3.8, 4) is 0 Å². The van der Waals surface area contributed by atoms with Crippen LogP contribution in [-0.2, 0) is 9.53 Å². The molecule has 8 atom stereocenters. The fourth-order valence-corrected chi connectivity index (χ4v) is 6.46. The number of rotatable bonds is 1. The number of carbonyl (C=O) groups is 1. The SMILES string of the molecule is CC(=O)OC1=CC2CC(O)C=C[C@]2(C)[C@@H]2CC[C@]3(C)C(O)CC[C@H]3[C@H]12. The summed E-state index contributed by atoms with van der Waals surface area (Å²) >= 11 is 0. The predicted molar refractivity (Wildman–Crippen MR) is 94.3 cm³/mol. The van der Waals surface area contributed by atoms with Gasteiger partial charge in [0.2, 0.25) is 0 Å². The average Bonchev–Trinajstić information content (AvgIpc) is 2.84. The first-order chi connectivity index (χ1) is 11.8. The Morgan fingerprint density at radius 3 is 2.68 bits per heavy atom. The number of hydrogen-bond acceptors (Lipinski definition) is 4. The molecule has 4 aliphatic rings. The molecule has 0 radical (unpaired) electrons. The molecule has 25 heavy (non-hydrogen) atoms. The maximum absolute atomic E-state index is 11.8. The summed E-state index contributed by atoms with van der Waals surface area (Å²) in [5, 5.41) is 20.7. The van der Waals surface area contributed by atoms with Crippen molar-refractivity contribution in [2.24, 2.45) is 34.5 Å². The Hall–Kier alpha value is -1.13. The lowest BCUT2D eigenvalue weighted by Gasteiger charge is -2.57. The molecule has 138 valence electrons. The van der Waals surface area contributed by atoms with Crippen LogP contribution in [0.25, 0.3) is 0 Å². The molecule has 0 aliphatic heterocycles. The van der Waals surface area contributed by atoms with E-state index in [9.17, 15) is 15.0 Å². The summed E-state index contributed by atoms with van der Waals surface area (Å²) in [6.07, 6.45) is 10.1. The molecule has 2 saturated carbocycles. The van der Waals surface area contributed by atoms with E-state index in [0.29, 0.717) is 18.3 Å². The second kappa shape index (κ2) is 5.68. The highest BCUT2D eigenvalue weighted by Crippen LogP contribution is 2.65. The third-order valence-corrected chi connectivity index (χ3v) is 7.95. The van der Waals surface area contributed by atoms with Crippen molar-refractivity contribution in [2.75, 3.05) is 0 Å². The number of fused-ring (bicyclic) bond motifs is 5. The van der Waals surface area contributed by atoms with Gasteiger partial charge in [0.1, 0.15) is 5.76 Å². The number of aliphatic hydroxyl groups excluding tert-OH is 2. The van der Waals surface area contributed by atoms with E-state index in [1.54, 1.807) is 0 Å². The zero-order chi connectivity index (χ0) is 18.0. The molecule has 0 spiro atoms. The molecule has 2 N–H and O–H groups in total. The second-order valence-corrected chi connectivity index (χ2v) is 9.17. The molecule has 0 aromatic carbocycles. The summed E-state index contributed by atoms with van der Waals surface area (Å²) < 4.78 is 5.71. The van der Waals surface area contributed by atoms with Crippen LogP contribution in [0.15, 0.2) is 24.0 Å². The van der Waals surface area contributed by atoms with Gasteiger partial charge < -0.3 is 14.9 Å². The predicted octanol–water partition coefficient (Wildman–Crippen LogP) is 3.19. The van der Waals surface area contributed by atoms with Crippen LogP contribution < -0.4 is 0 Å². The zero-order valence-corrected chi connectivity index (χ0v) is 15.4. The fourth-order valence-electron chi connectivity index (χ4n) is 6.46. The third kappa shape index (κ3) is 2.44. The van der Waals surface area contributed by atoms with Gasteiger partial charge in [0.25, 0.3) is 0 Å². The van der Waals surface area contributed by atoms with Crippen LogP contribution >= 0.6 is 0 Å². The Balaban J connectivity index is 1.79. The highest BCUT2D eigenvalue weighted by Gasteiger charge is 2.60. The highest BCUT2D eigenvalue weighted by molar-refractivity contribution is 5.67. The molecule has 3 unspecified atom stereocenters. The van der Waals surface area contributed by atoms with Crippen molar-refractivity contribution in [3.63, 3.8) is 0 Å². The normalized spacial score (nSPS) is 51.2. The number of aliphatic hydroxyl groups is 2. The Kier molecular flexibility index (Phi) is 3.93. The zero-order valence-electron chi connectivity index (χ0n) is 15.4. The van der Waals surface area contributed by atoms with E-state index < -0.39 is 6.10 Å². The van der Waals surface area contributed by atoms with E-state index in [-0.39, 0.29) is 34.7 Å². The van der Waals surface area contributed by atoms with E-state index in [4.69, 9.17) is 4.74 Å². The Morgan fingerprint density at radius 2 is 1.96 bits per heavy atom. The van der Waals surface area contributed by atoms with Crippen LogP contribution in [0.2, 0.25) is 0 Å². The van der Waals surface area contributed by atoms with E-state index >= 15 is 0 Å². The van der Waals surface area contributed by atoms with Crippen molar-refractivity contribution in [1.29, 1.82) is 0 Å². The average molecular weight is 346 g/mol. The van der Waals surface area contributed by atoms with Gasteiger partial charge in [-0.15, -0.1) is 0 Å². The summed E-state index contributed by atoms with van der Waals surface area (Å²) in [5.41, 5.74) is -0.0933. The lowest BCUT2D eigenvalue weighted by molar-refractivity contribution is -0.142. The fraction of sp³-hybridized carbons (Fsp3) is 0.762. The number of esters is 1. The topological polar surface area (TPSA) is 66.8 Å². The van der Waals surface area contributed by atoms with Gasteiger partial charge in [0, 0.05) is 12.8 Å². The second-order valence-electron chi connectivity index (χ2n) is 9.17. The minimum Gasteiger partial charge on any atom is -0.431 e. The quantitative estimate of drug-likeness (QED) is 0.565. The number of allylic oxidation sites excluding steroid dienone is 3. The number of ether oxygens (including phenoxy) is 1. The van der Waals surface area contributed by atoms with Crippen LogP contribution in [0.1, 0.15) is 52.9 Å².